The summed E-state index contributed by atoms with van der Waals surface area (Å²) < 4.78 is 24.1. The minimum absolute atomic E-state index is 0.0154. The van der Waals surface area contributed by atoms with Gasteiger partial charge in [0.2, 0.25) is 6.43 Å². The summed E-state index contributed by atoms with van der Waals surface area (Å²) in [7, 11) is 0. The third-order valence-corrected chi connectivity index (χ3v) is 3.18. The van der Waals surface area contributed by atoms with Gasteiger partial charge in [-0.25, -0.2) is 8.78 Å². The summed E-state index contributed by atoms with van der Waals surface area (Å²) in [6.07, 6.45) is 2.41. The molecule has 1 aliphatic rings. The average Bonchev–Trinajstić information content (AvgIpc) is 2.41. The maximum Gasteiger partial charge on any atom is 0.239 e. The van der Waals surface area contributed by atoms with Crippen molar-refractivity contribution in [2.75, 3.05) is 26.2 Å². The molecule has 0 saturated carbocycles. The molecule has 0 spiro atoms. The van der Waals surface area contributed by atoms with Crippen LogP contribution in [0.2, 0.25) is 0 Å². The number of likely N-dealkylation sites (tertiary alicyclic amines) is 1. The zero-order valence-electron chi connectivity index (χ0n) is 9.30. The molecular formula is C11H22F2N2. The van der Waals surface area contributed by atoms with Gasteiger partial charge in [0.05, 0.1) is 0 Å². The quantitative estimate of drug-likeness (QED) is 0.768. The molecule has 15 heavy (non-hydrogen) atoms. The summed E-state index contributed by atoms with van der Waals surface area (Å²) in [6.45, 7) is 3.25. The molecule has 0 aromatic heterocycles. The smallest absolute Gasteiger partial charge is 0.239 e. The standard InChI is InChI=1S/C11H22F2N2/c12-11(13)5-9-15-7-1-2-10(3-6-14)4-8-15/h10-11H,1-9,14H2. The van der Waals surface area contributed by atoms with Gasteiger partial charge in [0, 0.05) is 13.0 Å². The van der Waals surface area contributed by atoms with Crippen molar-refractivity contribution in [2.24, 2.45) is 11.7 Å². The highest BCUT2D eigenvalue weighted by Crippen LogP contribution is 2.20. The van der Waals surface area contributed by atoms with Crippen LogP contribution in [0.1, 0.15) is 32.1 Å². The molecule has 1 atom stereocenters. The van der Waals surface area contributed by atoms with E-state index in [9.17, 15) is 8.78 Å². The number of hydrogen-bond acceptors (Lipinski definition) is 2. The van der Waals surface area contributed by atoms with Gasteiger partial charge in [-0.15, -0.1) is 0 Å². The van der Waals surface area contributed by atoms with Crippen LogP contribution in [0.4, 0.5) is 8.78 Å². The predicted octanol–water partition coefficient (Wildman–Crippen LogP) is 2.09. The van der Waals surface area contributed by atoms with Crippen LogP contribution in [0.15, 0.2) is 0 Å². The topological polar surface area (TPSA) is 29.3 Å². The van der Waals surface area contributed by atoms with Gasteiger partial charge >= 0.3 is 0 Å². The average molecular weight is 220 g/mol. The Bertz CT molecular complexity index is 165. The Balaban J connectivity index is 2.20. The van der Waals surface area contributed by atoms with Gasteiger partial charge in [-0.05, 0) is 51.2 Å². The minimum atomic E-state index is -2.16. The molecule has 1 heterocycles. The first-order valence-corrected chi connectivity index (χ1v) is 5.93. The number of halogens is 2. The maximum absolute atomic E-state index is 12.0. The van der Waals surface area contributed by atoms with E-state index in [1.807, 2.05) is 0 Å². The summed E-state index contributed by atoms with van der Waals surface area (Å²) in [5.74, 6) is 0.714. The molecular weight excluding hydrogens is 198 g/mol. The van der Waals surface area contributed by atoms with E-state index >= 15 is 0 Å². The van der Waals surface area contributed by atoms with Crippen LogP contribution in [0.3, 0.4) is 0 Å². The van der Waals surface area contributed by atoms with Gasteiger partial charge in [0.25, 0.3) is 0 Å². The molecule has 0 amide bonds. The molecule has 1 saturated heterocycles. The van der Waals surface area contributed by atoms with E-state index in [-0.39, 0.29) is 6.42 Å². The first-order valence-electron chi connectivity index (χ1n) is 5.93. The summed E-state index contributed by atoms with van der Waals surface area (Å²) in [4.78, 5) is 2.17. The second kappa shape index (κ2) is 7.12. The molecule has 2 nitrogen and oxygen atoms in total. The van der Waals surface area contributed by atoms with E-state index in [2.05, 4.69) is 4.90 Å². The molecule has 1 fully saturated rings. The van der Waals surface area contributed by atoms with Crippen LogP contribution in [0, 0.1) is 5.92 Å². The molecule has 0 aliphatic carbocycles. The van der Waals surface area contributed by atoms with Crippen molar-refractivity contribution in [1.82, 2.24) is 4.90 Å². The molecule has 90 valence electrons. The number of alkyl halides is 2. The monoisotopic (exact) mass is 220 g/mol. The number of nitrogens with two attached hydrogens (primary N) is 1. The SMILES string of the molecule is NCCC1CCCN(CCC(F)F)CC1. The molecule has 0 aromatic rings. The zero-order valence-corrected chi connectivity index (χ0v) is 9.30. The lowest BCUT2D eigenvalue weighted by Crippen LogP contribution is -2.27. The van der Waals surface area contributed by atoms with E-state index in [0.29, 0.717) is 12.5 Å². The number of hydrogen-bond donors (Lipinski definition) is 1. The third-order valence-electron chi connectivity index (χ3n) is 3.18. The highest BCUT2D eigenvalue weighted by molar-refractivity contribution is 4.70. The molecule has 1 rings (SSSR count). The van der Waals surface area contributed by atoms with Gasteiger partial charge < -0.3 is 10.6 Å². The van der Waals surface area contributed by atoms with Gasteiger partial charge in [0.15, 0.2) is 0 Å². The van der Waals surface area contributed by atoms with Gasteiger partial charge in [-0.2, -0.15) is 0 Å². The second-order valence-corrected chi connectivity index (χ2v) is 4.40. The third kappa shape index (κ3) is 5.42. The Hall–Kier alpha value is -0.220. The Morgan fingerprint density at radius 3 is 2.73 bits per heavy atom. The molecule has 0 radical (unpaired) electrons. The largest absolute Gasteiger partial charge is 0.330 e. The van der Waals surface area contributed by atoms with Gasteiger partial charge in [-0.3, -0.25) is 0 Å². The van der Waals surface area contributed by atoms with Crippen molar-refractivity contribution in [1.29, 1.82) is 0 Å². The fourth-order valence-corrected chi connectivity index (χ4v) is 2.25. The summed E-state index contributed by atoms with van der Waals surface area (Å²) >= 11 is 0. The van der Waals surface area contributed by atoms with Crippen LogP contribution in [-0.4, -0.2) is 37.5 Å². The van der Waals surface area contributed by atoms with Crippen molar-refractivity contribution in [3.63, 3.8) is 0 Å². The summed E-state index contributed by atoms with van der Waals surface area (Å²) in [5, 5.41) is 0. The second-order valence-electron chi connectivity index (χ2n) is 4.40. The van der Waals surface area contributed by atoms with Crippen LogP contribution in [0.5, 0.6) is 0 Å². The van der Waals surface area contributed by atoms with E-state index in [4.69, 9.17) is 5.73 Å². The Kier molecular flexibility index (Phi) is 6.10. The van der Waals surface area contributed by atoms with E-state index in [0.717, 1.165) is 38.9 Å². The lowest BCUT2D eigenvalue weighted by molar-refractivity contribution is 0.116. The van der Waals surface area contributed by atoms with E-state index in [1.165, 1.54) is 6.42 Å². The molecule has 4 heteroatoms. The predicted molar refractivity (Wildman–Crippen MR) is 58.1 cm³/mol. The zero-order chi connectivity index (χ0) is 11.1. The van der Waals surface area contributed by atoms with Crippen molar-refractivity contribution >= 4 is 0 Å². The Labute approximate surface area is 90.8 Å². The van der Waals surface area contributed by atoms with E-state index in [1.54, 1.807) is 0 Å². The molecule has 0 bridgehead atoms. The summed E-state index contributed by atoms with van der Waals surface area (Å²) in [5.41, 5.74) is 5.53. The van der Waals surface area contributed by atoms with Crippen LogP contribution in [-0.2, 0) is 0 Å². The lowest BCUT2D eigenvalue weighted by Gasteiger charge is -2.19. The van der Waals surface area contributed by atoms with Crippen molar-refractivity contribution in [2.45, 2.75) is 38.5 Å². The van der Waals surface area contributed by atoms with Gasteiger partial charge in [0.1, 0.15) is 0 Å². The fourth-order valence-electron chi connectivity index (χ4n) is 2.25. The molecule has 1 aliphatic heterocycles. The van der Waals surface area contributed by atoms with Crippen molar-refractivity contribution in [3.05, 3.63) is 0 Å². The van der Waals surface area contributed by atoms with Crippen LogP contribution < -0.4 is 5.73 Å². The molecule has 0 aromatic carbocycles. The Morgan fingerprint density at radius 2 is 2.07 bits per heavy atom. The lowest BCUT2D eigenvalue weighted by atomic mass is 9.97. The maximum atomic E-state index is 12.0. The number of rotatable bonds is 5. The van der Waals surface area contributed by atoms with E-state index < -0.39 is 6.43 Å². The number of nitrogens with zero attached hydrogens (tertiary/aromatic N) is 1. The summed E-state index contributed by atoms with van der Waals surface area (Å²) in [6, 6.07) is 0. The first kappa shape index (κ1) is 12.8. The highest BCUT2D eigenvalue weighted by atomic mass is 19.3. The normalized spacial score (nSPS) is 24.4. The fraction of sp³-hybridized carbons (Fsp3) is 1.00. The van der Waals surface area contributed by atoms with Gasteiger partial charge in [-0.1, -0.05) is 0 Å². The minimum Gasteiger partial charge on any atom is -0.330 e. The molecule has 1 unspecified atom stereocenters. The highest BCUT2D eigenvalue weighted by Gasteiger charge is 2.17. The van der Waals surface area contributed by atoms with Crippen molar-refractivity contribution < 1.29 is 8.78 Å². The molecule has 2 N–H and O–H groups in total. The van der Waals surface area contributed by atoms with Crippen molar-refractivity contribution in [3.8, 4) is 0 Å². The first-order chi connectivity index (χ1) is 7.22. The van der Waals surface area contributed by atoms with Crippen LogP contribution in [0.25, 0.3) is 0 Å². The van der Waals surface area contributed by atoms with Crippen LogP contribution >= 0.6 is 0 Å². The Morgan fingerprint density at radius 1 is 1.27 bits per heavy atom.